The molecule has 5 N–H and O–H groups in total. The van der Waals surface area contributed by atoms with Crippen molar-refractivity contribution in [3.63, 3.8) is 0 Å². The molecule has 0 fully saturated rings. The van der Waals surface area contributed by atoms with Gasteiger partial charge in [-0.15, -0.1) is 0 Å². The van der Waals surface area contributed by atoms with E-state index in [1.807, 2.05) is 13.8 Å². The third kappa shape index (κ3) is 4.28. The molecule has 1 rings (SSSR count). The maximum Gasteiger partial charge on any atom is 0.231 e. The van der Waals surface area contributed by atoms with Crippen molar-refractivity contribution < 1.29 is 4.79 Å². The Hall–Kier alpha value is -2.01. The minimum Gasteiger partial charge on any atom is -0.383 e. The number of aromatic nitrogens is 2. The van der Waals surface area contributed by atoms with E-state index in [9.17, 15) is 4.79 Å². The van der Waals surface area contributed by atoms with Crippen LogP contribution < -0.4 is 16.8 Å². The number of nitrogen functional groups attached to an aromatic ring is 2. The van der Waals surface area contributed by atoms with Gasteiger partial charge in [0.1, 0.15) is 17.2 Å². The topological polar surface area (TPSA) is 131 Å². The first-order valence-electron chi connectivity index (χ1n) is 6.02. The number of nitriles is 1. The van der Waals surface area contributed by atoms with Gasteiger partial charge in [0.15, 0.2) is 5.16 Å². The Morgan fingerprint density at radius 1 is 1.50 bits per heavy atom. The van der Waals surface area contributed by atoms with Crippen LogP contribution in [-0.2, 0) is 4.79 Å². The average Bonchev–Trinajstić information content (AvgIpc) is 2.35. The van der Waals surface area contributed by atoms with E-state index in [-0.39, 0.29) is 29.2 Å². The lowest BCUT2D eigenvalue weighted by Gasteiger charge is -2.27. The molecule has 1 atom stereocenters. The van der Waals surface area contributed by atoms with E-state index in [0.29, 0.717) is 5.16 Å². The highest BCUT2D eigenvalue weighted by Gasteiger charge is 2.29. The molecule has 0 aliphatic heterocycles. The Labute approximate surface area is 122 Å². The molecule has 0 unspecified atom stereocenters. The predicted octanol–water partition coefficient (Wildman–Crippen LogP) is 0.788. The lowest BCUT2D eigenvalue weighted by Crippen LogP contribution is -2.49. The molecule has 1 amide bonds. The van der Waals surface area contributed by atoms with Crippen LogP contribution in [0.15, 0.2) is 11.2 Å². The summed E-state index contributed by atoms with van der Waals surface area (Å²) in [5.74, 6) is 0.333. The highest BCUT2D eigenvalue weighted by atomic mass is 32.2. The van der Waals surface area contributed by atoms with Crippen molar-refractivity contribution in [2.24, 2.45) is 5.92 Å². The third-order valence-corrected chi connectivity index (χ3v) is 3.71. The molecular formula is C12H18N6OS. The first-order valence-corrected chi connectivity index (χ1v) is 7.00. The Morgan fingerprint density at radius 2 is 2.05 bits per heavy atom. The number of rotatable bonds is 5. The van der Waals surface area contributed by atoms with Gasteiger partial charge in [0.2, 0.25) is 5.91 Å². The zero-order chi connectivity index (χ0) is 15.3. The van der Waals surface area contributed by atoms with Crippen molar-refractivity contribution in [3.8, 4) is 6.07 Å². The second-order valence-electron chi connectivity index (χ2n) is 4.81. The van der Waals surface area contributed by atoms with Crippen LogP contribution in [0.5, 0.6) is 0 Å². The van der Waals surface area contributed by atoms with Crippen molar-refractivity contribution in [2.75, 3.05) is 17.2 Å². The van der Waals surface area contributed by atoms with Gasteiger partial charge >= 0.3 is 0 Å². The molecule has 7 nitrogen and oxygen atoms in total. The SMILES string of the molecule is CC(C)[C@@](C)(C#N)NC(=O)CSc1nc(N)cc(N)n1. The monoisotopic (exact) mass is 294 g/mol. The number of carbonyl (C=O) groups excluding carboxylic acids is 1. The molecule has 8 heteroatoms. The van der Waals surface area contributed by atoms with Gasteiger partial charge in [0.05, 0.1) is 11.8 Å². The Bertz CT molecular complexity index is 521. The number of hydrogen-bond donors (Lipinski definition) is 3. The van der Waals surface area contributed by atoms with Gasteiger partial charge in [-0.2, -0.15) is 5.26 Å². The quantitative estimate of drug-likeness (QED) is 0.540. The predicted molar refractivity (Wildman–Crippen MR) is 78.6 cm³/mol. The minimum absolute atomic E-state index is 0.000661. The van der Waals surface area contributed by atoms with E-state index in [1.54, 1.807) is 6.92 Å². The molecule has 108 valence electrons. The number of hydrogen-bond acceptors (Lipinski definition) is 7. The van der Waals surface area contributed by atoms with Crippen molar-refractivity contribution in [2.45, 2.75) is 31.5 Å². The molecule has 20 heavy (non-hydrogen) atoms. The van der Waals surface area contributed by atoms with Crippen LogP contribution >= 0.6 is 11.8 Å². The molecule has 0 aliphatic rings. The summed E-state index contributed by atoms with van der Waals surface area (Å²) in [6, 6.07) is 3.55. The van der Waals surface area contributed by atoms with Crippen molar-refractivity contribution in [1.29, 1.82) is 5.26 Å². The Balaban J connectivity index is 2.62. The minimum atomic E-state index is -0.896. The average molecular weight is 294 g/mol. The summed E-state index contributed by atoms with van der Waals surface area (Å²) in [5, 5.41) is 12.2. The van der Waals surface area contributed by atoms with Gasteiger partial charge in [-0.3, -0.25) is 4.79 Å². The normalized spacial score (nSPS) is 13.6. The smallest absolute Gasteiger partial charge is 0.231 e. The van der Waals surface area contributed by atoms with E-state index in [4.69, 9.17) is 16.7 Å². The summed E-state index contributed by atoms with van der Waals surface area (Å²) in [7, 11) is 0. The van der Waals surface area contributed by atoms with Crippen molar-refractivity contribution >= 4 is 29.3 Å². The van der Waals surface area contributed by atoms with Crippen LogP contribution in [0.4, 0.5) is 11.6 Å². The van der Waals surface area contributed by atoms with Crippen LogP contribution in [0.3, 0.4) is 0 Å². The molecule has 0 bridgehead atoms. The zero-order valence-corrected chi connectivity index (χ0v) is 12.5. The molecule has 0 saturated heterocycles. The molecule has 1 aromatic rings. The lowest BCUT2D eigenvalue weighted by molar-refractivity contribution is -0.120. The van der Waals surface area contributed by atoms with Gasteiger partial charge in [0.25, 0.3) is 0 Å². The van der Waals surface area contributed by atoms with Crippen molar-refractivity contribution in [1.82, 2.24) is 15.3 Å². The van der Waals surface area contributed by atoms with E-state index in [0.717, 1.165) is 11.8 Å². The fraction of sp³-hybridized carbons (Fsp3) is 0.500. The summed E-state index contributed by atoms with van der Waals surface area (Å²) in [6.45, 7) is 5.44. The molecule has 0 spiro atoms. The van der Waals surface area contributed by atoms with Crippen LogP contribution in [0.25, 0.3) is 0 Å². The summed E-state index contributed by atoms with van der Waals surface area (Å²) < 4.78 is 0. The van der Waals surface area contributed by atoms with E-state index >= 15 is 0 Å². The van der Waals surface area contributed by atoms with Gasteiger partial charge < -0.3 is 16.8 Å². The van der Waals surface area contributed by atoms with Crippen LogP contribution in [0.1, 0.15) is 20.8 Å². The Morgan fingerprint density at radius 3 is 2.50 bits per heavy atom. The maximum atomic E-state index is 11.9. The summed E-state index contributed by atoms with van der Waals surface area (Å²) in [4.78, 5) is 19.8. The maximum absolute atomic E-state index is 11.9. The van der Waals surface area contributed by atoms with Gasteiger partial charge in [-0.05, 0) is 12.8 Å². The molecule has 0 aliphatic carbocycles. The fourth-order valence-corrected chi connectivity index (χ4v) is 1.96. The summed E-state index contributed by atoms with van der Waals surface area (Å²) in [6.07, 6.45) is 0. The standard InChI is InChI=1S/C12H18N6OS/c1-7(2)12(3,6-13)18-10(19)5-20-11-16-8(14)4-9(15)17-11/h4,7H,5H2,1-3H3,(H,18,19)(H4,14,15,16,17)/t12-/m1/s1. The largest absolute Gasteiger partial charge is 0.383 e. The van der Waals surface area contributed by atoms with Crippen LogP contribution in [0.2, 0.25) is 0 Å². The highest BCUT2D eigenvalue weighted by Crippen LogP contribution is 2.18. The number of anilines is 2. The molecular weight excluding hydrogens is 276 g/mol. The van der Waals surface area contributed by atoms with Gasteiger partial charge in [-0.25, -0.2) is 9.97 Å². The summed E-state index contributed by atoms with van der Waals surface area (Å²) >= 11 is 1.12. The molecule has 0 saturated carbocycles. The highest BCUT2D eigenvalue weighted by molar-refractivity contribution is 7.99. The summed E-state index contributed by atoms with van der Waals surface area (Å²) in [5.41, 5.74) is 10.2. The second-order valence-corrected chi connectivity index (χ2v) is 5.75. The number of nitrogens with two attached hydrogens (primary N) is 2. The first-order chi connectivity index (χ1) is 9.26. The molecule has 1 heterocycles. The van der Waals surface area contributed by atoms with Crippen molar-refractivity contribution in [3.05, 3.63) is 6.07 Å². The second kappa shape index (κ2) is 6.43. The number of nitrogens with one attached hydrogen (secondary N) is 1. The van der Waals surface area contributed by atoms with E-state index in [2.05, 4.69) is 21.4 Å². The molecule has 0 radical (unpaired) electrons. The van der Waals surface area contributed by atoms with E-state index in [1.165, 1.54) is 6.07 Å². The van der Waals surface area contributed by atoms with Gasteiger partial charge in [-0.1, -0.05) is 25.6 Å². The Kier molecular flexibility index (Phi) is 5.16. The molecule has 1 aromatic heterocycles. The first kappa shape index (κ1) is 16.0. The fourth-order valence-electron chi connectivity index (χ4n) is 1.28. The zero-order valence-electron chi connectivity index (χ0n) is 11.7. The lowest BCUT2D eigenvalue weighted by atomic mass is 9.90. The van der Waals surface area contributed by atoms with Crippen LogP contribution in [-0.4, -0.2) is 27.2 Å². The molecule has 0 aromatic carbocycles. The number of thioether (sulfide) groups is 1. The number of amides is 1. The van der Waals surface area contributed by atoms with Gasteiger partial charge in [0, 0.05) is 6.07 Å². The number of carbonyl (C=O) groups is 1. The van der Waals surface area contributed by atoms with E-state index < -0.39 is 5.54 Å². The number of nitrogens with zero attached hydrogens (tertiary/aromatic N) is 3. The van der Waals surface area contributed by atoms with Crippen LogP contribution in [0, 0.1) is 17.2 Å². The third-order valence-electron chi connectivity index (χ3n) is 2.86.